The van der Waals surface area contributed by atoms with Gasteiger partial charge in [-0.2, -0.15) is 13.2 Å². The van der Waals surface area contributed by atoms with E-state index < -0.39 is 23.3 Å². The molecule has 0 aliphatic rings. The van der Waals surface area contributed by atoms with Crippen molar-refractivity contribution in [1.29, 1.82) is 0 Å². The van der Waals surface area contributed by atoms with Crippen LogP contribution in [0.25, 0.3) is 21.9 Å². The van der Waals surface area contributed by atoms with Crippen LogP contribution in [-0.2, 0) is 6.18 Å². The van der Waals surface area contributed by atoms with Gasteiger partial charge in [-0.1, -0.05) is 18.2 Å². The number of nitrogens with zero attached hydrogens (tertiary/aromatic N) is 2. The van der Waals surface area contributed by atoms with Crippen molar-refractivity contribution in [1.82, 2.24) is 9.97 Å². The zero-order valence-electron chi connectivity index (χ0n) is 15.9. The number of aryl methyl sites for hydroxylation is 1. The minimum absolute atomic E-state index is 0.380. The molecule has 2 aromatic heterocycles. The number of anilines is 1. The molecule has 0 fully saturated rings. The van der Waals surface area contributed by atoms with Gasteiger partial charge in [0.15, 0.2) is 0 Å². The molecule has 30 heavy (non-hydrogen) atoms. The Hall–Kier alpha value is -3.74. The first-order chi connectivity index (χ1) is 14.3. The molecule has 150 valence electrons. The number of nitrogens with one attached hydrogen (secondary N) is 1. The Bertz CT molecular complexity index is 1250. The van der Waals surface area contributed by atoms with Crippen molar-refractivity contribution in [2.45, 2.75) is 13.1 Å². The second kappa shape index (κ2) is 7.59. The van der Waals surface area contributed by atoms with Crippen LogP contribution in [0.4, 0.5) is 18.9 Å². The second-order valence-electron chi connectivity index (χ2n) is 6.82. The van der Waals surface area contributed by atoms with E-state index in [1.54, 1.807) is 24.5 Å². The van der Waals surface area contributed by atoms with Crippen molar-refractivity contribution in [2.75, 3.05) is 5.32 Å². The molecular weight excluding hydrogens is 391 g/mol. The quantitative estimate of drug-likeness (QED) is 0.462. The minimum Gasteiger partial charge on any atom is -0.321 e. The van der Waals surface area contributed by atoms with Crippen LogP contribution in [0.5, 0.6) is 0 Å². The number of carbonyl (C=O) groups is 1. The fraction of sp³-hybridized carbons (Fsp3) is 0.0870. The van der Waals surface area contributed by atoms with E-state index in [0.29, 0.717) is 5.69 Å². The average Bonchev–Trinajstić information content (AvgIpc) is 2.74. The zero-order valence-corrected chi connectivity index (χ0v) is 15.9. The zero-order chi connectivity index (χ0) is 21.3. The number of hydrogen-bond acceptors (Lipinski definition) is 3. The molecule has 0 saturated carbocycles. The van der Waals surface area contributed by atoms with Crippen LogP contribution in [0.1, 0.15) is 21.6 Å². The summed E-state index contributed by atoms with van der Waals surface area (Å²) in [5, 5.41) is 4.54. The van der Waals surface area contributed by atoms with E-state index in [-0.39, 0.29) is 0 Å². The SMILES string of the molecule is Cc1ccc(NC(=O)c2ncccc2C(F)(F)F)cc1-c1ccc2ccncc2c1. The first-order valence-electron chi connectivity index (χ1n) is 9.11. The standard InChI is InChI=1S/C23H16F3N3O/c1-14-4-7-18(29-22(30)21-20(23(24,25)26)3-2-9-28-21)12-19(14)16-6-5-15-8-10-27-13-17(15)11-16/h2-13H,1H3,(H,29,30). The molecule has 0 bridgehead atoms. The van der Waals surface area contributed by atoms with Gasteiger partial charge in [0.05, 0.1) is 5.56 Å². The smallest absolute Gasteiger partial charge is 0.321 e. The highest BCUT2D eigenvalue weighted by Gasteiger charge is 2.36. The van der Waals surface area contributed by atoms with Crippen LogP contribution in [0.15, 0.2) is 73.2 Å². The molecule has 0 saturated heterocycles. The summed E-state index contributed by atoms with van der Waals surface area (Å²) in [5.41, 5.74) is 1.38. The van der Waals surface area contributed by atoms with Gasteiger partial charge in [0.25, 0.3) is 5.91 Å². The molecule has 0 spiro atoms. The third kappa shape index (κ3) is 3.87. The van der Waals surface area contributed by atoms with Crippen LogP contribution >= 0.6 is 0 Å². The number of fused-ring (bicyclic) bond motifs is 1. The number of hydrogen-bond donors (Lipinski definition) is 1. The van der Waals surface area contributed by atoms with Crippen molar-refractivity contribution in [2.24, 2.45) is 0 Å². The summed E-state index contributed by atoms with van der Waals surface area (Å²) in [6.07, 6.45) is -0.0257. The van der Waals surface area contributed by atoms with Gasteiger partial charge in [-0.25, -0.2) is 0 Å². The van der Waals surface area contributed by atoms with Gasteiger partial charge < -0.3 is 5.32 Å². The van der Waals surface area contributed by atoms with Crippen molar-refractivity contribution >= 4 is 22.4 Å². The van der Waals surface area contributed by atoms with E-state index in [4.69, 9.17) is 0 Å². The molecule has 0 radical (unpaired) electrons. The minimum atomic E-state index is -4.67. The molecule has 0 atom stereocenters. The maximum Gasteiger partial charge on any atom is 0.418 e. The van der Waals surface area contributed by atoms with E-state index in [9.17, 15) is 18.0 Å². The van der Waals surface area contributed by atoms with Crippen molar-refractivity contribution in [3.8, 4) is 11.1 Å². The van der Waals surface area contributed by atoms with Gasteiger partial charge in [0.2, 0.25) is 0 Å². The van der Waals surface area contributed by atoms with Crippen LogP contribution < -0.4 is 5.32 Å². The Balaban J connectivity index is 1.68. The molecule has 2 aromatic carbocycles. The van der Waals surface area contributed by atoms with E-state index in [1.807, 2.05) is 37.3 Å². The molecule has 4 rings (SSSR count). The number of carbonyl (C=O) groups excluding carboxylic acids is 1. The van der Waals surface area contributed by atoms with Gasteiger partial charge in [-0.05, 0) is 65.4 Å². The van der Waals surface area contributed by atoms with Crippen LogP contribution in [-0.4, -0.2) is 15.9 Å². The monoisotopic (exact) mass is 407 g/mol. The lowest BCUT2D eigenvalue weighted by Crippen LogP contribution is -2.20. The molecular formula is C23H16F3N3O. The fourth-order valence-electron chi connectivity index (χ4n) is 3.27. The van der Waals surface area contributed by atoms with Gasteiger partial charge in [-0.3, -0.25) is 14.8 Å². The topological polar surface area (TPSA) is 54.9 Å². The number of rotatable bonds is 3. The predicted molar refractivity (Wildman–Crippen MR) is 109 cm³/mol. The summed E-state index contributed by atoms with van der Waals surface area (Å²) >= 11 is 0. The summed E-state index contributed by atoms with van der Waals surface area (Å²) < 4.78 is 39.6. The second-order valence-corrected chi connectivity index (χ2v) is 6.82. The predicted octanol–water partition coefficient (Wildman–Crippen LogP) is 5.88. The maximum atomic E-state index is 13.2. The Kier molecular flexibility index (Phi) is 4.95. The summed E-state index contributed by atoms with van der Waals surface area (Å²) in [6.45, 7) is 1.93. The normalized spacial score (nSPS) is 11.5. The van der Waals surface area contributed by atoms with E-state index in [2.05, 4.69) is 15.3 Å². The molecule has 0 aliphatic carbocycles. The van der Waals surface area contributed by atoms with E-state index in [0.717, 1.165) is 45.8 Å². The van der Waals surface area contributed by atoms with Crippen LogP contribution in [0.3, 0.4) is 0 Å². The molecule has 7 heteroatoms. The van der Waals surface area contributed by atoms with Crippen LogP contribution in [0, 0.1) is 6.92 Å². The van der Waals surface area contributed by atoms with Crippen molar-refractivity contribution in [3.05, 3.63) is 90.0 Å². The van der Waals surface area contributed by atoms with Gasteiger partial charge in [-0.15, -0.1) is 0 Å². The average molecular weight is 407 g/mol. The molecule has 0 unspecified atom stereocenters. The highest BCUT2D eigenvalue weighted by Crippen LogP contribution is 2.32. The van der Waals surface area contributed by atoms with E-state index >= 15 is 0 Å². The molecule has 2 heterocycles. The largest absolute Gasteiger partial charge is 0.418 e. The van der Waals surface area contributed by atoms with Crippen LogP contribution in [0.2, 0.25) is 0 Å². The molecule has 1 amide bonds. The number of halogens is 3. The highest BCUT2D eigenvalue weighted by atomic mass is 19.4. The number of aromatic nitrogens is 2. The number of alkyl halides is 3. The summed E-state index contributed by atoms with van der Waals surface area (Å²) in [6, 6.07) is 15.0. The lowest BCUT2D eigenvalue weighted by atomic mass is 9.98. The summed E-state index contributed by atoms with van der Waals surface area (Å²) in [4.78, 5) is 20.3. The van der Waals surface area contributed by atoms with E-state index in [1.165, 1.54) is 0 Å². The first-order valence-corrected chi connectivity index (χ1v) is 9.11. The number of pyridine rings is 2. The number of amides is 1. The Labute approximate surface area is 170 Å². The lowest BCUT2D eigenvalue weighted by Gasteiger charge is -2.13. The van der Waals surface area contributed by atoms with Crippen molar-refractivity contribution < 1.29 is 18.0 Å². The summed E-state index contributed by atoms with van der Waals surface area (Å²) in [7, 11) is 0. The maximum absolute atomic E-state index is 13.2. The third-order valence-electron chi connectivity index (χ3n) is 4.78. The third-order valence-corrected chi connectivity index (χ3v) is 4.78. The molecule has 0 aliphatic heterocycles. The molecule has 4 nitrogen and oxygen atoms in total. The van der Waals surface area contributed by atoms with Gasteiger partial charge in [0.1, 0.15) is 5.69 Å². The van der Waals surface area contributed by atoms with Gasteiger partial charge in [0, 0.05) is 29.7 Å². The Morgan fingerprint density at radius 3 is 2.60 bits per heavy atom. The number of benzene rings is 2. The van der Waals surface area contributed by atoms with Crippen molar-refractivity contribution in [3.63, 3.8) is 0 Å². The Morgan fingerprint density at radius 2 is 1.80 bits per heavy atom. The fourth-order valence-corrected chi connectivity index (χ4v) is 3.27. The first kappa shape index (κ1) is 19.6. The summed E-state index contributed by atoms with van der Waals surface area (Å²) in [5.74, 6) is -0.916. The Morgan fingerprint density at radius 1 is 0.967 bits per heavy atom. The lowest BCUT2D eigenvalue weighted by molar-refractivity contribution is -0.138. The molecule has 4 aromatic rings. The van der Waals surface area contributed by atoms with Gasteiger partial charge >= 0.3 is 6.18 Å². The highest BCUT2D eigenvalue weighted by molar-refractivity contribution is 6.04. The molecule has 1 N–H and O–H groups in total.